The van der Waals surface area contributed by atoms with Gasteiger partial charge in [-0.05, 0) is 121 Å². The van der Waals surface area contributed by atoms with E-state index in [4.69, 9.17) is 14.2 Å². The second-order valence-electron chi connectivity index (χ2n) is 13.3. The average molecular weight is 845 g/mol. The molecular weight excluding hydrogens is 805 g/mol. The Labute approximate surface area is 353 Å². The van der Waals surface area contributed by atoms with Gasteiger partial charge in [0.05, 0.1) is 26.2 Å². The van der Waals surface area contributed by atoms with E-state index in [1.54, 1.807) is 30.3 Å². The Morgan fingerprint density at radius 2 is 1.02 bits per heavy atom. The quantitative estimate of drug-likeness (QED) is 0.0380. The minimum Gasteiger partial charge on any atom is -0.508 e. The predicted molar refractivity (Wildman–Crippen MR) is 226 cm³/mol. The van der Waals surface area contributed by atoms with Crippen molar-refractivity contribution in [2.75, 3.05) is 14.2 Å². The molecule has 0 radical (unpaired) electrons. The molecule has 1 aliphatic heterocycles. The van der Waals surface area contributed by atoms with Gasteiger partial charge in [0.15, 0.2) is 51.8 Å². The lowest BCUT2D eigenvalue weighted by Crippen LogP contribution is -2.20. The maximum Gasteiger partial charge on any atom is 0.201 e. The SMILES string of the molecule is COc1c(/C=C/C(=O)c2ccc(O)c(O)c2)ccc(O)c1O.COc1c(/C=C/C(=O)c2ccc(O)cc2)ccc(O)c1O.O=C1C[C@@H](c2ccc(O)cc2)Oc2cc(O)ccc21. The number of phenols is 9. The van der Waals surface area contributed by atoms with Crippen LogP contribution in [0.3, 0.4) is 0 Å². The van der Waals surface area contributed by atoms with Gasteiger partial charge in [0.25, 0.3) is 0 Å². The molecule has 0 saturated carbocycles. The van der Waals surface area contributed by atoms with Crippen molar-refractivity contribution in [3.8, 4) is 69.0 Å². The maximum atomic E-state index is 12.0. The first-order valence-electron chi connectivity index (χ1n) is 18.4. The summed E-state index contributed by atoms with van der Waals surface area (Å²) >= 11 is 0. The van der Waals surface area contributed by atoms with Crippen LogP contribution < -0.4 is 14.2 Å². The molecule has 0 spiro atoms. The van der Waals surface area contributed by atoms with Crippen LogP contribution >= 0.6 is 0 Å². The molecule has 0 aliphatic carbocycles. The molecule has 7 rings (SSSR count). The van der Waals surface area contributed by atoms with Crippen LogP contribution in [0.25, 0.3) is 12.2 Å². The first kappa shape index (κ1) is 44.5. The number of carbonyl (C=O) groups is 3. The van der Waals surface area contributed by atoms with Crippen molar-refractivity contribution in [1.29, 1.82) is 0 Å². The number of methoxy groups -OCH3 is 2. The van der Waals surface area contributed by atoms with Gasteiger partial charge in [0.1, 0.15) is 29.1 Å². The number of hydrogen-bond acceptors (Lipinski definition) is 15. The molecule has 0 unspecified atom stereocenters. The van der Waals surface area contributed by atoms with Crippen molar-refractivity contribution >= 4 is 29.5 Å². The fourth-order valence-electron chi connectivity index (χ4n) is 5.86. The molecule has 318 valence electrons. The molecular formula is C47H40O15. The fraction of sp³-hybridized carbons (Fsp3) is 0.0851. The van der Waals surface area contributed by atoms with Crippen molar-refractivity contribution in [3.05, 3.63) is 155 Å². The van der Waals surface area contributed by atoms with Gasteiger partial charge in [-0.3, -0.25) is 14.4 Å². The predicted octanol–water partition coefficient (Wildman–Crippen LogP) is 7.93. The van der Waals surface area contributed by atoms with Crippen LogP contribution in [-0.2, 0) is 0 Å². The molecule has 15 nitrogen and oxygen atoms in total. The number of ketones is 3. The zero-order chi connectivity index (χ0) is 45.1. The Balaban J connectivity index is 0.000000176. The van der Waals surface area contributed by atoms with Crippen LogP contribution in [0.5, 0.6) is 69.0 Å². The first-order chi connectivity index (χ1) is 29.6. The van der Waals surface area contributed by atoms with E-state index in [1.165, 1.54) is 111 Å². The number of Topliss-reactive ketones (excluding diaryl/α,β-unsaturated/α-hetero) is 1. The Morgan fingerprint density at radius 3 is 1.53 bits per heavy atom. The number of ether oxygens (including phenoxy) is 3. The third-order valence-corrected chi connectivity index (χ3v) is 9.10. The summed E-state index contributed by atoms with van der Waals surface area (Å²) in [5.41, 5.74) is 2.78. The molecule has 6 aromatic carbocycles. The molecule has 1 heterocycles. The Hall–Kier alpha value is -8.59. The summed E-state index contributed by atoms with van der Waals surface area (Å²) in [7, 11) is 2.68. The Bertz CT molecular complexity index is 2650. The van der Waals surface area contributed by atoms with E-state index in [0.717, 1.165) is 11.6 Å². The van der Waals surface area contributed by atoms with E-state index < -0.39 is 11.5 Å². The largest absolute Gasteiger partial charge is 0.508 e. The molecule has 0 fully saturated rings. The van der Waals surface area contributed by atoms with Crippen LogP contribution in [0, 0.1) is 0 Å². The lowest BCUT2D eigenvalue weighted by atomic mass is 9.96. The van der Waals surface area contributed by atoms with Crippen molar-refractivity contribution in [1.82, 2.24) is 0 Å². The zero-order valence-corrected chi connectivity index (χ0v) is 33.0. The number of phenolic OH excluding ortho intramolecular Hbond substituents is 9. The summed E-state index contributed by atoms with van der Waals surface area (Å²) in [6, 6.07) is 26.2. The van der Waals surface area contributed by atoms with Crippen molar-refractivity contribution in [3.63, 3.8) is 0 Å². The molecule has 1 atom stereocenters. The third-order valence-electron chi connectivity index (χ3n) is 9.10. The van der Waals surface area contributed by atoms with E-state index in [1.807, 2.05) is 0 Å². The minimum atomic E-state index is -0.417. The van der Waals surface area contributed by atoms with E-state index in [9.17, 15) is 60.3 Å². The summed E-state index contributed by atoms with van der Waals surface area (Å²) < 4.78 is 15.7. The lowest BCUT2D eigenvalue weighted by molar-refractivity contribution is 0.0849. The maximum absolute atomic E-state index is 12.0. The van der Waals surface area contributed by atoms with Gasteiger partial charge in [-0.1, -0.05) is 12.1 Å². The Kier molecular flexibility index (Phi) is 14.3. The molecule has 6 aromatic rings. The van der Waals surface area contributed by atoms with E-state index in [2.05, 4.69) is 0 Å². The summed E-state index contributed by atoms with van der Waals surface area (Å²) in [4.78, 5) is 36.0. The van der Waals surface area contributed by atoms with Gasteiger partial charge in [0.2, 0.25) is 11.5 Å². The van der Waals surface area contributed by atoms with Crippen molar-refractivity contribution in [2.45, 2.75) is 12.5 Å². The zero-order valence-electron chi connectivity index (χ0n) is 33.0. The summed E-state index contributed by atoms with van der Waals surface area (Å²) in [5, 5.41) is 84.6. The molecule has 0 aromatic heterocycles. The second-order valence-corrected chi connectivity index (χ2v) is 13.3. The van der Waals surface area contributed by atoms with Gasteiger partial charge < -0.3 is 60.2 Å². The number of allylic oxidation sites excluding steroid dienone is 2. The highest BCUT2D eigenvalue weighted by molar-refractivity contribution is 6.08. The van der Waals surface area contributed by atoms with Crippen LogP contribution in [-0.4, -0.2) is 77.5 Å². The second kappa shape index (κ2) is 19.9. The van der Waals surface area contributed by atoms with Crippen molar-refractivity contribution in [2.24, 2.45) is 0 Å². The standard InChI is InChI=1S/C16H14O6.C16H14O5.C15H12O4/c1-22-16-9(3-7-13(19)15(16)21)2-5-11(17)10-4-6-12(18)14(20)8-10;1-21-16-11(5-9-14(19)15(16)20)4-8-13(18)10-2-6-12(17)7-3-10;16-10-3-1-9(2-4-10)14-8-13(18)12-6-5-11(17)7-15(12)19-14/h2-8,18-21H,1H3;2-9,17,19-20H,1H3;1-7,14,16-17H,8H2/b5-2+;8-4+;/t;;14-/m..0/s1. The number of carbonyl (C=O) groups excluding carboxylic acids is 3. The van der Waals surface area contributed by atoms with Gasteiger partial charge in [-0.25, -0.2) is 0 Å². The number of aromatic hydroxyl groups is 9. The summed E-state index contributed by atoms with van der Waals surface area (Å²) in [6.45, 7) is 0. The van der Waals surface area contributed by atoms with E-state index >= 15 is 0 Å². The normalized spacial score (nSPS) is 12.9. The summed E-state index contributed by atoms with van der Waals surface area (Å²) in [5.74, 6) is -1.97. The van der Waals surface area contributed by atoms with E-state index in [-0.39, 0.29) is 87.1 Å². The van der Waals surface area contributed by atoms with Crippen LogP contribution in [0.1, 0.15) is 60.3 Å². The number of hydrogen-bond donors (Lipinski definition) is 9. The lowest BCUT2D eigenvalue weighted by Gasteiger charge is -2.25. The molecule has 15 heteroatoms. The average Bonchev–Trinajstić information content (AvgIpc) is 3.26. The molecule has 1 aliphatic rings. The number of fused-ring (bicyclic) bond motifs is 1. The molecule has 62 heavy (non-hydrogen) atoms. The molecule has 0 bridgehead atoms. The van der Waals surface area contributed by atoms with Gasteiger partial charge in [-0.2, -0.15) is 0 Å². The smallest absolute Gasteiger partial charge is 0.201 e. The van der Waals surface area contributed by atoms with Gasteiger partial charge >= 0.3 is 0 Å². The van der Waals surface area contributed by atoms with Crippen molar-refractivity contribution < 1.29 is 74.6 Å². The highest BCUT2D eigenvalue weighted by atomic mass is 16.5. The Morgan fingerprint density at radius 1 is 0.548 bits per heavy atom. The monoisotopic (exact) mass is 844 g/mol. The topological polar surface area (TPSA) is 261 Å². The number of benzene rings is 6. The molecule has 9 N–H and O–H groups in total. The first-order valence-corrected chi connectivity index (χ1v) is 18.4. The summed E-state index contributed by atoms with van der Waals surface area (Å²) in [6.07, 6.45) is 5.29. The van der Waals surface area contributed by atoms with Crippen LogP contribution in [0.4, 0.5) is 0 Å². The molecule has 0 saturated heterocycles. The minimum absolute atomic E-state index is 0.0145. The fourth-order valence-corrected chi connectivity index (χ4v) is 5.86. The molecule has 0 amide bonds. The van der Waals surface area contributed by atoms with Crippen LogP contribution in [0.2, 0.25) is 0 Å². The highest BCUT2D eigenvalue weighted by Crippen LogP contribution is 2.40. The van der Waals surface area contributed by atoms with Gasteiger partial charge in [0, 0.05) is 28.3 Å². The third kappa shape index (κ3) is 10.9. The number of rotatable bonds is 9. The van der Waals surface area contributed by atoms with Crippen LogP contribution in [0.15, 0.2) is 121 Å². The van der Waals surface area contributed by atoms with Gasteiger partial charge in [-0.15, -0.1) is 0 Å². The van der Waals surface area contributed by atoms with E-state index in [0.29, 0.717) is 28.0 Å². The highest BCUT2D eigenvalue weighted by Gasteiger charge is 2.28.